The molecule has 0 radical (unpaired) electrons. The van der Waals surface area contributed by atoms with Crippen molar-refractivity contribution in [1.82, 2.24) is 19.9 Å². The van der Waals surface area contributed by atoms with Crippen molar-refractivity contribution in [2.45, 2.75) is 4.90 Å². The van der Waals surface area contributed by atoms with Gasteiger partial charge in [0, 0.05) is 18.5 Å². The molecule has 9 nitrogen and oxygen atoms in total. The summed E-state index contributed by atoms with van der Waals surface area (Å²) in [4.78, 5) is 16.8. The predicted molar refractivity (Wildman–Crippen MR) is 127 cm³/mol. The quantitative estimate of drug-likeness (QED) is 0.323. The van der Waals surface area contributed by atoms with E-state index < -0.39 is 10.0 Å². The van der Waals surface area contributed by atoms with Gasteiger partial charge in [-0.2, -0.15) is 4.98 Å². The Kier molecular flexibility index (Phi) is 6.71. The first kappa shape index (κ1) is 23.1. The van der Waals surface area contributed by atoms with Gasteiger partial charge < -0.3 is 9.47 Å². The number of para-hydroxylation sites is 2. The van der Waals surface area contributed by atoms with Crippen molar-refractivity contribution in [2.24, 2.45) is 0 Å². The third-order valence-corrected chi connectivity index (χ3v) is 6.59. The summed E-state index contributed by atoms with van der Waals surface area (Å²) in [6, 6.07) is 16.5. The molecule has 0 aliphatic rings. The molecule has 0 fully saturated rings. The zero-order valence-corrected chi connectivity index (χ0v) is 19.4. The Labute approximate surface area is 201 Å². The molecule has 0 N–H and O–H groups in total. The molecule has 2 aromatic heterocycles. The fourth-order valence-electron chi connectivity index (χ4n) is 3.05. The topological polar surface area (TPSA) is 107 Å². The van der Waals surface area contributed by atoms with E-state index in [4.69, 9.17) is 21.1 Å². The average Bonchev–Trinajstić information content (AvgIpc) is 2.85. The van der Waals surface area contributed by atoms with Gasteiger partial charge in [0.05, 0.1) is 12.0 Å². The number of anilines is 1. The van der Waals surface area contributed by atoms with Crippen molar-refractivity contribution in [3.8, 4) is 28.8 Å². The number of rotatable bonds is 8. The summed E-state index contributed by atoms with van der Waals surface area (Å²) >= 11 is 6.37. The number of nitrogens with zero attached hydrogens (tertiary/aromatic N) is 5. The van der Waals surface area contributed by atoms with Crippen LogP contribution in [0.4, 0.5) is 5.82 Å². The Morgan fingerprint density at radius 1 is 0.971 bits per heavy atom. The molecule has 0 bridgehead atoms. The van der Waals surface area contributed by atoms with Gasteiger partial charge in [0.25, 0.3) is 10.0 Å². The van der Waals surface area contributed by atoms with Crippen LogP contribution in [-0.4, -0.2) is 35.5 Å². The molecule has 0 amide bonds. The van der Waals surface area contributed by atoms with E-state index in [0.717, 1.165) is 16.8 Å². The minimum Gasteiger partial charge on any atom is -0.493 e. The number of halogens is 1. The molecule has 0 atom stereocenters. The molecule has 11 heteroatoms. The lowest BCUT2D eigenvalue weighted by Crippen LogP contribution is -2.27. The summed E-state index contributed by atoms with van der Waals surface area (Å²) in [6.07, 6.45) is 3.72. The lowest BCUT2D eigenvalue weighted by atomic mass is 10.3. The Balaban J connectivity index is 1.80. The van der Waals surface area contributed by atoms with E-state index in [9.17, 15) is 8.42 Å². The molecule has 4 aromatic rings. The molecule has 4 rings (SSSR count). The SMILES string of the molecule is C=CN(c1ncnc(Cl)c1-c1nccc(Oc2ccccc2OC)n1)S(=O)(=O)c1ccccc1. The van der Waals surface area contributed by atoms with Crippen LogP contribution >= 0.6 is 11.6 Å². The first-order chi connectivity index (χ1) is 16.5. The maximum atomic E-state index is 13.3. The lowest BCUT2D eigenvalue weighted by molar-refractivity contribution is 0.374. The molecule has 0 aliphatic carbocycles. The van der Waals surface area contributed by atoms with Crippen LogP contribution in [0.1, 0.15) is 0 Å². The molecule has 0 saturated heterocycles. The largest absolute Gasteiger partial charge is 0.493 e. The maximum absolute atomic E-state index is 13.3. The summed E-state index contributed by atoms with van der Waals surface area (Å²) in [5.41, 5.74) is 0.0917. The van der Waals surface area contributed by atoms with Gasteiger partial charge in [0.1, 0.15) is 17.0 Å². The maximum Gasteiger partial charge on any atom is 0.269 e. The minimum absolute atomic E-state index is 0.0461. The molecule has 2 aromatic carbocycles. The van der Waals surface area contributed by atoms with Gasteiger partial charge in [0.2, 0.25) is 5.88 Å². The van der Waals surface area contributed by atoms with E-state index in [1.54, 1.807) is 42.5 Å². The molecule has 0 unspecified atom stereocenters. The number of ether oxygens (including phenoxy) is 2. The van der Waals surface area contributed by atoms with Crippen LogP contribution in [0.3, 0.4) is 0 Å². The zero-order chi connectivity index (χ0) is 24.1. The van der Waals surface area contributed by atoms with Crippen LogP contribution in [-0.2, 0) is 10.0 Å². The summed E-state index contributed by atoms with van der Waals surface area (Å²) in [6.45, 7) is 3.65. The first-order valence-electron chi connectivity index (χ1n) is 9.82. The second-order valence-corrected chi connectivity index (χ2v) is 8.80. The molecule has 34 heavy (non-hydrogen) atoms. The van der Waals surface area contributed by atoms with Gasteiger partial charge >= 0.3 is 0 Å². The van der Waals surface area contributed by atoms with Gasteiger partial charge in [-0.25, -0.2) is 27.7 Å². The molecule has 0 aliphatic heterocycles. The Morgan fingerprint density at radius 2 is 1.68 bits per heavy atom. The summed E-state index contributed by atoms with van der Waals surface area (Å²) in [5, 5.41) is -0.0467. The van der Waals surface area contributed by atoms with Crippen molar-refractivity contribution in [3.63, 3.8) is 0 Å². The third-order valence-electron chi connectivity index (χ3n) is 4.59. The Bertz CT molecular complexity index is 1430. The van der Waals surface area contributed by atoms with Gasteiger partial charge in [0.15, 0.2) is 23.1 Å². The van der Waals surface area contributed by atoms with Crippen molar-refractivity contribution >= 4 is 27.4 Å². The van der Waals surface area contributed by atoms with Crippen LogP contribution in [0, 0.1) is 0 Å². The van der Waals surface area contributed by atoms with Gasteiger partial charge in [-0.3, -0.25) is 0 Å². The number of hydrogen-bond donors (Lipinski definition) is 0. The van der Waals surface area contributed by atoms with Crippen LogP contribution < -0.4 is 13.8 Å². The van der Waals surface area contributed by atoms with Crippen molar-refractivity contribution in [2.75, 3.05) is 11.4 Å². The molecular formula is C23H18ClN5O4S. The van der Waals surface area contributed by atoms with Crippen LogP contribution in [0.5, 0.6) is 17.4 Å². The second-order valence-electron chi connectivity index (χ2n) is 6.63. The fourth-order valence-corrected chi connectivity index (χ4v) is 4.56. The van der Waals surface area contributed by atoms with Crippen LogP contribution in [0.15, 0.2) is 90.9 Å². The van der Waals surface area contributed by atoms with Crippen molar-refractivity contribution in [1.29, 1.82) is 0 Å². The van der Waals surface area contributed by atoms with E-state index in [1.807, 2.05) is 6.07 Å². The van der Waals surface area contributed by atoms with E-state index >= 15 is 0 Å². The highest BCUT2D eigenvalue weighted by atomic mass is 35.5. The standard InChI is InChI=1S/C23H18ClN5O4S/c1-3-29(34(30,31)16-9-5-4-6-10-16)23-20(21(24)26-15-27-23)22-25-14-13-19(28-22)33-18-12-8-7-11-17(18)32-2/h3-15H,1H2,2H3. The number of hydrogen-bond acceptors (Lipinski definition) is 8. The fraction of sp³-hybridized carbons (Fsp3) is 0.0435. The molecular weight excluding hydrogens is 478 g/mol. The smallest absolute Gasteiger partial charge is 0.269 e. The zero-order valence-electron chi connectivity index (χ0n) is 17.9. The number of benzene rings is 2. The van der Waals surface area contributed by atoms with E-state index in [2.05, 4.69) is 26.5 Å². The highest BCUT2D eigenvalue weighted by Crippen LogP contribution is 2.36. The Morgan fingerprint density at radius 3 is 2.38 bits per heavy atom. The molecule has 2 heterocycles. The number of sulfonamides is 1. The third kappa shape index (κ3) is 4.54. The summed E-state index contributed by atoms with van der Waals surface area (Å²) in [7, 11) is -2.53. The van der Waals surface area contributed by atoms with E-state index in [-0.39, 0.29) is 33.1 Å². The minimum atomic E-state index is -4.06. The van der Waals surface area contributed by atoms with E-state index in [0.29, 0.717) is 11.5 Å². The molecule has 0 spiro atoms. The first-order valence-corrected chi connectivity index (χ1v) is 11.6. The molecule has 172 valence electrons. The second kappa shape index (κ2) is 9.86. The Hall–Kier alpha value is -4.02. The highest BCUT2D eigenvalue weighted by Gasteiger charge is 2.29. The van der Waals surface area contributed by atoms with E-state index in [1.165, 1.54) is 25.4 Å². The van der Waals surface area contributed by atoms with Crippen molar-refractivity contribution in [3.05, 3.63) is 91.1 Å². The van der Waals surface area contributed by atoms with Gasteiger partial charge in [-0.15, -0.1) is 0 Å². The lowest BCUT2D eigenvalue weighted by Gasteiger charge is -2.21. The van der Waals surface area contributed by atoms with Crippen molar-refractivity contribution < 1.29 is 17.9 Å². The monoisotopic (exact) mass is 495 g/mol. The average molecular weight is 496 g/mol. The number of methoxy groups -OCH3 is 1. The van der Waals surface area contributed by atoms with Crippen LogP contribution in [0.25, 0.3) is 11.4 Å². The molecule has 0 saturated carbocycles. The summed E-state index contributed by atoms with van der Waals surface area (Å²) < 4.78 is 38.7. The predicted octanol–water partition coefficient (Wildman–Crippen LogP) is 4.73. The van der Waals surface area contributed by atoms with Gasteiger partial charge in [-0.1, -0.05) is 48.5 Å². The highest BCUT2D eigenvalue weighted by molar-refractivity contribution is 7.93. The summed E-state index contributed by atoms with van der Waals surface area (Å²) in [5.74, 6) is 1.12. The normalized spacial score (nSPS) is 11.0. The van der Waals surface area contributed by atoms with Crippen LogP contribution in [0.2, 0.25) is 5.15 Å². The number of aromatic nitrogens is 4. The van der Waals surface area contributed by atoms with Gasteiger partial charge in [-0.05, 0) is 24.3 Å².